The minimum atomic E-state index is -0.983. The fraction of sp³-hybridized carbons (Fsp3) is 0.300. The average Bonchev–Trinajstić information content (AvgIpc) is 2.49. The summed E-state index contributed by atoms with van der Waals surface area (Å²) in [5, 5.41) is 9.26. The van der Waals surface area contributed by atoms with Crippen LogP contribution in [0.1, 0.15) is 6.42 Å². The number of anilines is 1. The molecule has 1 amide bonds. The molecule has 0 aliphatic carbocycles. The number of aliphatic hydroxyl groups excluding tert-OH is 1. The maximum atomic E-state index is 13.5. The van der Waals surface area contributed by atoms with Crippen molar-refractivity contribution in [2.45, 2.75) is 12.5 Å². The largest absolute Gasteiger partial charge is 0.383 e. The molecule has 2 rings (SSSR count). The Hall–Kier alpha value is -0.690. The number of benzene rings is 1. The van der Waals surface area contributed by atoms with Crippen LogP contribution in [-0.2, 0) is 4.79 Å². The Morgan fingerprint density at radius 3 is 2.80 bits per heavy atom. The number of amides is 1. The van der Waals surface area contributed by atoms with E-state index in [-0.39, 0.29) is 5.69 Å². The summed E-state index contributed by atoms with van der Waals surface area (Å²) in [5.74, 6) is -0.848. The smallest absolute Gasteiger partial charge is 0.255 e. The summed E-state index contributed by atoms with van der Waals surface area (Å²) >= 11 is 2.00. The molecule has 80 valence electrons. The molecule has 0 radical (unpaired) electrons. The summed E-state index contributed by atoms with van der Waals surface area (Å²) in [6.45, 7) is 0.373. The van der Waals surface area contributed by atoms with Crippen LogP contribution in [0.15, 0.2) is 18.2 Å². The maximum absolute atomic E-state index is 13.5. The second kappa shape index (κ2) is 4.05. The van der Waals surface area contributed by atoms with Crippen LogP contribution in [0.5, 0.6) is 0 Å². The SMILES string of the molecule is O=C1[C@@H](O)CCN1c1ccc(I)cc1F. The normalized spacial score (nSPS) is 21.1. The molecule has 5 heteroatoms. The van der Waals surface area contributed by atoms with Gasteiger partial charge in [0.05, 0.1) is 5.69 Å². The van der Waals surface area contributed by atoms with Gasteiger partial charge < -0.3 is 10.0 Å². The Balaban J connectivity index is 2.34. The first-order chi connectivity index (χ1) is 7.09. The lowest BCUT2D eigenvalue weighted by Gasteiger charge is -2.16. The third kappa shape index (κ3) is 1.98. The first-order valence-corrected chi connectivity index (χ1v) is 5.62. The highest BCUT2D eigenvalue weighted by Crippen LogP contribution is 2.25. The Morgan fingerprint density at radius 2 is 2.27 bits per heavy atom. The second-order valence-electron chi connectivity index (χ2n) is 3.39. The Kier molecular flexibility index (Phi) is 2.92. The number of aliphatic hydroxyl groups is 1. The fourth-order valence-corrected chi connectivity index (χ4v) is 2.06. The van der Waals surface area contributed by atoms with Crippen molar-refractivity contribution in [3.63, 3.8) is 0 Å². The van der Waals surface area contributed by atoms with Gasteiger partial charge in [-0.25, -0.2) is 4.39 Å². The number of hydrogen-bond acceptors (Lipinski definition) is 2. The third-order valence-corrected chi connectivity index (χ3v) is 3.05. The van der Waals surface area contributed by atoms with Crippen molar-refractivity contribution in [1.29, 1.82) is 0 Å². The lowest BCUT2D eigenvalue weighted by atomic mass is 10.3. The number of rotatable bonds is 1. The number of hydrogen-bond donors (Lipinski definition) is 1. The zero-order valence-electron chi connectivity index (χ0n) is 7.78. The van der Waals surface area contributed by atoms with Gasteiger partial charge in [-0.3, -0.25) is 4.79 Å². The monoisotopic (exact) mass is 321 g/mol. The maximum Gasteiger partial charge on any atom is 0.255 e. The van der Waals surface area contributed by atoms with Crippen LogP contribution in [0.4, 0.5) is 10.1 Å². The molecule has 1 fully saturated rings. The van der Waals surface area contributed by atoms with E-state index in [4.69, 9.17) is 0 Å². The Bertz CT molecular complexity index is 410. The summed E-state index contributed by atoms with van der Waals surface area (Å²) < 4.78 is 14.3. The average molecular weight is 321 g/mol. The fourth-order valence-electron chi connectivity index (χ4n) is 1.60. The van der Waals surface area contributed by atoms with E-state index in [0.29, 0.717) is 13.0 Å². The zero-order chi connectivity index (χ0) is 11.0. The highest BCUT2D eigenvalue weighted by Gasteiger charge is 2.32. The van der Waals surface area contributed by atoms with E-state index in [1.54, 1.807) is 12.1 Å². The summed E-state index contributed by atoms with van der Waals surface area (Å²) in [6.07, 6.45) is -0.617. The quantitative estimate of drug-likeness (QED) is 0.797. The van der Waals surface area contributed by atoms with Crippen LogP contribution in [0.25, 0.3) is 0 Å². The van der Waals surface area contributed by atoms with E-state index >= 15 is 0 Å². The lowest BCUT2D eigenvalue weighted by Crippen LogP contribution is -2.29. The van der Waals surface area contributed by atoms with Crippen LogP contribution < -0.4 is 4.90 Å². The van der Waals surface area contributed by atoms with Crippen molar-refractivity contribution in [3.05, 3.63) is 27.6 Å². The van der Waals surface area contributed by atoms with Gasteiger partial charge in [-0.05, 0) is 40.8 Å². The van der Waals surface area contributed by atoms with Crippen molar-refractivity contribution in [1.82, 2.24) is 0 Å². The number of nitrogens with zero attached hydrogens (tertiary/aromatic N) is 1. The van der Waals surface area contributed by atoms with Gasteiger partial charge in [-0.2, -0.15) is 0 Å². The molecular weight excluding hydrogens is 312 g/mol. The minimum absolute atomic E-state index is 0.247. The van der Waals surface area contributed by atoms with Crippen LogP contribution in [0.3, 0.4) is 0 Å². The van der Waals surface area contributed by atoms with Crippen LogP contribution in [0.2, 0.25) is 0 Å². The predicted octanol–water partition coefficient (Wildman–Crippen LogP) is 1.53. The molecule has 0 bridgehead atoms. The summed E-state index contributed by atoms with van der Waals surface area (Å²) in [6, 6.07) is 4.66. The van der Waals surface area contributed by atoms with E-state index in [2.05, 4.69) is 0 Å². The van der Waals surface area contributed by atoms with Gasteiger partial charge in [0.25, 0.3) is 5.91 Å². The first kappa shape index (κ1) is 10.8. The van der Waals surface area contributed by atoms with Gasteiger partial charge in [-0.1, -0.05) is 0 Å². The van der Waals surface area contributed by atoms with Crippen LogP contribution in [0, 0.1) is 9.39 Å². The van der Waals surface area contributed by atoms with Crippen molar-refractivity contribution >= 4 is 34.2 Å². The predicted molar refractivity (Wildman–Crippen MR) is 62.1 cm³/mol. The van der Waals surface area contributed by atoms with E-state index < -0.39 is 17.8 Å². The van der Waals surface area contributed by atoms with E-state index in [9.17, 15) is 14.3 Å². The standard InChI is InChI=1S/C10H9FINO2/c11-7-5-6(12)1-2-8(7)13-4-3-9(14)10(13)15/h1-2,5,9,14H,3-4H2/t9-/m0/s1. The molecule has 1 heterocycles. The van der Waals surface area contributed by atoms with Crippen LogP contribution >= 0.6 is 22.6 Å². The van der Waals surface area contributed by atoms with Crippen molar-refractivity contribution in [3.8, 4) is 0 Å². The van der Waals surface area contributed by atoms with Gasteiger partial charge in [-0.15, -0.1) is 0 Å². The van der Waals surface area contributed by atoms with Crippen molar-refractivity contribution in [2.24, 2.45) is 0 Å². The molecule has 1 aromatic rings. The van der Waals surface area contributed by atoms with Crippen molar-refractivity contribution in [2.75, 3.05) is 11.4 Å². The molecule has 0 saturated carbocycles. The first-order valence-electron chi connectivity index (χ1n) is 4.54. The summed E-state index contributed by atoms with van der Waals surface area (Å²) in [7, 11) is 0. The number of carbonyl (C=O) groups excluding carboxylic acids is 1. The van der Waals surface area contributed by atoms with Gasteiger partial charge >= 0.3 is 0 Å². The molecular formula is C10H9FINO2. The van der Waals surface area contributed by atoms with Gasteiger partial charge in [0.1, 0.15) is 11.9 Å². The third-order valence-electron chi connectivity index (χ3n) is 2.38. The van der Waals surface area contributed by atoms with Gasteiger partial charge in [0, 0.05) is 16.5 Å². The highest BCUT2D eigenvalue weighted by molar-refractivity contribution is 14.1. The second-order valence-corrected chi connectivity index (χ2v) is 4.64. The Labute approximate surface area is 100 Å². The molecule has 1 atom stereocenters. The summed E-state index contributed by atoms with van der Waals surface area (Å²) in [4.78, 5) is 12.7. The van der Waals surface area contributed by atoms with E-state index in [1.165, 1.54) is 11.0 Å². The topological polar surface area (TPSA) is 40.5 Å². The molecule has 0 spiro atoms. The highest BCUT2D eigenvalue weighted by atomic mass is 127. The lowest BCUT2D eigenvalue weighted by molar-refractivity contribution is -0.124. The summed E-state index contributed by atoms with van der Waals surface area (Å²) in [5.41, 5.74) is 0.247. The molecule has 1 aromatic carbocycles. The van der Waals surface area contributed by atoms with Gasteiger partial charge in [0.15, 0.2) is 0 Å². The molecule has 3 nitrogen and oxygen atoms in total. The molecule has 1 saturated heterocycles. The van der Waals surface area contributed by atoms with E-state index in [0.717, 1.165) is 3.57 Å². The molecule has 0 unspecified atom stereocenters. The van der Waals surface area contributed by atoms with Crippen LogP contribution in [-0.4, -0.2) is 23.7 Å². The Morgan fingerprint density at radius 1 is 1.53 bits per heavy atom. The molecule has 0 aromatic heterocycles. The zero-order valence-corrected chi connectivity index (χ0v) is 9.94. The molecule has 1 N–H and O–H groups in total. The van der Waals surface area contributed by atoms with E-state index in [1.807, 2.05) is 22.6 Å². The van der Waals surface area contributed by atoms with Crippen molar-refractivity contribution < 1.29 is 14.3 Å². The molecule has 15 heavy (non-hydrogen) atoms. The molecule has 1 aliphatic rings. The minimum Gasteiger partial charge on any atom is -0.383 e. The number of carbonyl (C=O) groups is 1. The van der Waals surface area contributed by atoms with Gasteiger partial charge in [0.2, 0.25) is 0 Å². The number of halogens is 2. The molecule has 1 aliphatic heterocycles.